The fourth-order valence-electron chi connectivity index (χ4n) is 0.813. The van der Waals surface area contributed by atoms with Crippen LogP contribution in [0.15, 0.2) is 25.1 Å². The van der Waals surface area contributed by atoms with Crippen molar-refractivity contribution in [2.24, 2.45) is 5.73 Å². The molecule has 0 aromatic carbocycles. The lowest BCUT2D eigenvalue weighted by molar-refractivity contribution is -0.135. The first kappa shape index (κ1) is 13.5. The molecule has 0 aromatic rings. The zero-order chi connectivity index (χ0) is 11.7. The van der Waals surface area contributed by atoms with Gasteiger partial charge in [-0.3, -0.25) is 9.80 Å². The summed E-state index contributed by atoms with van der Waals surface area (Å²) in [5, 5.41) is 9.61. The average Bonchev–Trinajstić information content (AvgIpc) is 2.62. The number of nitrogens with zero attached hydrogens (tertiary/aromatic N) is 2. The fraction of sp³-hybridized carbons (Fsp3) is 0.444. The van der Waals surface area contributed by atoms with Gasteiger partial charge in [0.25, 0.3) is 0 Å². The summed E-state index contributed by atoms with van der Waals surface area (Å²) in [5.74, 6) is -0.968. The van der Waals surface area contributed by atoms with Crippen LogP contribution < -0.4 is 11.2 Å². The Balaban J connectivity index is 0.000000336. The summed E-state index contributed by atoms with van der Waals surface area (Å²) in [7, 11) is 2.03. The van der Waals surface area contributed by atoms with E-state index in [1.165, 1.54) is 0 Å². The molecule has 0 aliphatic carbocycles. The van der Waals surface area contributed by atoms with Crippen molar-refractivity contribution >= 4 is 5.97 Å². The van der Waals surface area contributed by atoms with E-state index < -0.39 is 5.97 Å². The van der Waals surface area contributed by atoms with Crippen LogP contribution in [0.3, 0.4) is 0 Å². The molecule has 86 valence electrons. The van der Waals surface area contributed by atoms with Crippen molar-refractivity contribution in [3.63, 3.8) is 0 Å². The van der Waals surface area contributed by atoms with Crippen LogP contribution in [0.4, 0.5) is 0 Å². The Morgan fingerprint density at radius 1 is 1.73 bits per heavy atom. The molecule has 4 N–H and O–H groups in total. The SMILES string of the molecule is C=CCNN1C=CN(C)C1.NCC(=O)O. The zero-order valence-corrected chi connectivity index (χ0v) is 8.89. The highest BCUT2D eigenvalue weighted by Gasteiger charge is 2.04. The van der Waals surface area contributed by atoms with Gasteiger partial charge in [0.15, 0.2) is 0 Å². The third-order valence-corrected chi connectivity index (χ3v) is 1.49. The normalized spacial score (nSPS) is 13.5. The lowest BCUT2D eigenvalue weighted by Gasteiger charge is -2.17. The summed E-state index contributed by atoms with van der Waals surface area (Å²) in [4.78, 5) is 11.3. The first-order valence-electron chi connectivity index (χ1n) is 4.51. The van der Waals surface area contributed by atoms with Crippen molar-refractivity contribution < 1.29 is 9.90 Å². The maximum Gasteiger partial charge on any atom is 0.317 e. The van der Waals surface area contributed by atoms with Crippen molar-refractivity contribution in [1.82, 2.24) is 15.3 Å². The maximum atomic E-state index is 9.24. The summed E-state index contributed by atoms with van der Waals surface area (Å²) < 4.78 is 0. The van der Waals surface area contributed by atoms with Crippen LogP contribution in [0.1, 0.15) is 0 Å². The van der Waals surface area contributed by atoms with Gasteiger partial charge in [-0.2, -0.15) is 0 Å². The zero-order valence-electron chi connectivity index (χ0n) is 8.89. The van der Waals surface area contributed by atoms with Crippen LogP contribution in [0.5, 0.6) is 0 Å². The predicted molar refractivity (Wildman–Crippen MR) is 58.5 cm³/mol. The van der Waals surface area contributed by atoms with E-state index in [0.717, 1.165) is 13.2 Å². The van der Waals surface area contributed by atoms with Gasteiger partial charge in [0.1, 0.15) is 6.67 Å². The van der Waals surface area contributed by atoms with E-state index in [1.54, 1.807) is 0 Å². The van der Waals surface area contributed by atoms with E-state index in [1.807, 2.05) is 30.5 Å². The molecule has 6 nitrogen and oxygen atoms in total. The second-order valence-corrected chi connectivity index (χ2v) is 2.92. The molecule has 0 amide bonds. The van der Waals surface area contributed by atoms with Crippen molar-refractivity contribution in [2.45, 2.75) is 0 Å². The Bertz CT molecular complexity index is 230. The number of nitrogens with two attached hydrogens (primary N) is 1. The van der Waals surface area contributed by atoms with Crippen LogP contribution in [-0.2, 0) is 4.79 Å². The third kappa shape index (κ3) is 7.53. The Hall–Kier alpha value is -1.53. The smallest absolute Gasteiger partial charge is 0.317 e. The highest BCUT2D eigenvalue weighted by molar-refractivity contribution is 5.68. The molecular formula is C9H18N4O2. The van der Waals surface area contributed by atoms with Crippen LogP contribution in [0, 0.1) is 0 Å². The Morgan fingerprint density at radius 2 is 2.33 bits per heavy atom. The molecule has 6 heteroatoms. The van der Waals surface area contributed by atoms with Crippen molar-refractivity contribution in [1.29, 1.82) is 0 Å². The standard InChI is InChI=1S/C7H13N3.C2H5NO2/c1-3-4-8-10-6-5-9(2)7-10;3-1-2(4)5/h3,5-6,8H,1,4,7H2,2H3;1,3H2,(H,4,5). The molecule has 15 heavy (non-hydrogen) atoms. The number of rotatable bonds is 4. The van der Waals surface area contributed by atoms with Crippen LogP contribution in [0.25, 0.3) is 0 Å². The van der Waals surface area contributed by atoms with E-state index in [-0.39, 0.29) is 6.54 Å². The topological polar surface area (TPSA) is 81.8 Å². The molecule has 0 saturated heterocycles. The van der Waals surface area contributed by atoms with Gasteiger partial charge in [-0.15, -0.1) is 6.58 Å². The summed E-state index contributed by atoms with van der Waals surface area (Å²) in [6.07, 6.45) is 5.87. The molecule has 0 spiro atoms. The summed E-state index contributed by atoms with van der Waals surface area (Å²) >= 11 is 0. The molecule has 0 saturated carbocycles. The van der Waals surface area contributed by atoms with Crippen LogP contribution >= 0.6 is 0 Å². The van der Waals surface area contributed by atoms with Gasteiger partial charge in [0, 0.05) is 26.0 Å². The quantitative estimate of drug-likeness (QED) is 0.541. The number of carbonyl (C=O) groups is 1. The van der Waals surface area contributed by atoms with E-state index in [9.17, 15) is 4.79 Å². The number of hydrazine groups is 1. The molecule has 0 bridgehead atoms. The molecule has 1 heterocycles. The van der Waals surface area contributed by atoms with Crippen LogP contribution in [0.2, 0.25) is 0 Å². The van der Waals surface area contributed by atoms with Crippen LogP contribution in [-0.4, -0.2) is 47.8 Å². The molecule has 0 aromatic heterocycles. The molecule has 0 fully saturated rings. The van der Waals surface area contributed by atoms with Crippen molar-refractivity contribution in [3.05, 3.63) is 25.1 Å². The first-order chi connectivity index (χ1) is 7.10. The van der Waals surface area contributed by atoms with Gasteiger partial charge in [-0.1, -0.05) is 6.08 Å². The fourth-order valence-corrected chi connectivity index (χ4v) is 0.813. The van der Waals surface area contributed by atoms with E-state index >= 15 is 0 Å². The molecule has 1 aliphatic rings. The van der Waals surface area contributed by atoms with Gasteiger partial charge in [0.05, 0.1) is 6.54 Å². The number of hydrogen-bond donors (Lipinski definition) is 3. The summed E-state index contributed by atoms with van der Waals surface area (Å²) in [6.45, 7) is 5.06. The summed E-state index contributed by atoms with van der Waals surface area (Å²) in [6, 6.07) is 0. The molecular weight excluding hydrogens is 196 g/mol. The lowest BCUT2D eigenvalue weighted by Crippen LogP contribution is -2.35. The van der Waals surface area contributed by atoms with Gasteiger partial charge in [0.2, 0.25) is 0 Å². The molecule has 1 aliphatic heterocycles. The number of carboxylic acid groups (broad SMARTS) is 1. The highest BCUT2D eigenvalue weighted by atomic mass is 16.4. The first-order valence-corrected chi connectivity index (χ1v) is 4.51. The molecule has 0 atom stereocenters. The van der Waals surface area contributed by atoms with Crippen molar-refractivity contribution in [2.75, 3.05) is 26.8 Å². The predicted octanol–water partition coefficient (Wildman–Crippen LogP) is -0.617. The second-order valence-electron chi connectivity index (χ2n) is 2.92. The molecule has 1 rings (SSSR count). The Labute approximate surface area is 89.6 Å². The van der Waals surface area contributed by atoms with Gasteiger partial charge < -0.3 is 15.7 Å². The number of nitrogens with one attached hydrogen (secondary N) is 1. The Morgan fingerprint density at radius 3 is 2.67 bits per heavy atom. The van der Waals surface area contributed by atoms with E-state index in [2.05, 4.69) is 22.6 Å². The maximum absolute atomic E-state index is 9.24. The van der Waals surface area contributed by atoms with E-state index in [0.29, 0.717) is 0 Å². The van der Waals surface area contributed by atoms with Gasteiger partial charge in [-0.05, 0) is 0 Å². The third-order valence-electron chi connectivity index (χ3n) is 1.49. The Kier molecular flexibility index (Phi) is 7.04. The monoisotopic (exact) mass is 214 g/mol. The lowest BCUT2D eigenvalue weighted by atomic mass is 10.6. The number of carboxylic acids is 1. The van der Waals surface area contributed by atoms with Gasteiger partial charge in [-0.25, -0.2) is 5.43 Å². The largest absolute Gasteiger partial charge is 0.480 e. The number of hydrogen-bond acceptors (Lipinski definition) is 5. The minimum absolute atomic E-state index is 0.278. The highest BCUT2D eigenvalue weighted by Crippen LogP contribution is 1.98. The van der Waals surface area contributed by atoms with Crippen molar-refractivity contribution in [3.8, 4) is 0 Å². The van der Waals surface area contributed by atoms with Gasteiger partial charge >= 0.3 is 5.97 Å². The number of aliphatic carboxylic acids is 1. The average molecular weight is 214 g/mol. The minimum Gasteiger partial charge on any atom is -0.480 e. The summed E-state index contributed by atoms with van der Waals surface area (Å²) in [5.41, 5.74) is 7.72. The molecule has 0 unspecified atom stereocenters. The van der Waals surface area contributed by atoms with E-state index in [4.69, 9.17) is 5.11 Å². The molecule has 0 radical (unpaired) electrons. The minimum atomic E-state index is -0.968. The second kappa shape index (κ2) is 7.84.